The summed E-state index contributed by atoms with van der Waals surface area (Å²) in [5, 5.41) is 11.1. The fraction of sp³-hybridized carbons (Fsp3) is 0.545. The maximum atomic E-state index is 12.0. The lowest BCUT2D eigenvalue weighted by Crippen LogP contribution is -2.35. The number of sulfonamides is 1. The van der Waals surface area contributed by atoms with Crippen LogP contribution in [0.15, 0.2) is 16.3 Å². The summed E-state index contributed by atoms with van der Waals surface area (Å²) in [6.45, 7) is 3.46. The van der Waals surface area contributed by atoms with Gasteiger partial charge in [-0.1, -0.05) is 13.8 Å². The van der Waals surface area contributed by atoms with E-state index in [1.165, 1.54) is 18.6 Å². The maximum Gasteiger partial charge on any atom is 0.349 e. The number of thiophene rings is 1. The highest BCUT2D eigenvalue weighted by molar-refractivity contribution is 7.89. The topological polar surface area (TPSA) is 92.7 Å². The van der Waals surface area contributed by atoms with Crippen molar-refractivity contribution in [1.29, 1.82) is 0 Å². The molecule has 0 radical (unpaired) electrons. The van der Waals surface area contributed by atoms with Crippen molar-refractivity contribution in [3.63, 3.8) is 0 Å². The van der Waals surface area contributed by atoms with Crippen LogP contribution in [0.1, 0.15) is 23.5 Å². The Morgan fingerprint density at radius 2 is 2.16 bits per heavy atom. The molecule has 0 aliphatic heterocycles. The van der Waals surface area contributed by atoms with E-state index >= 15 is 0 Å². The van der Waals surface area contributed by atoms with Crippen LogP contribution in [0.3, 0.4) is 0 Å². The first-order valence-electron chi connectivity index (χ1n) is 5.63. The summed E-state index contributed by atoms with van der Waals surface area (Å²) in [5.74, 6) is -0.759. The molecule has 6 nitrogen and oxygen atoms in total. The lowest BCUT2D eigenvalue weighted by molar-refractivity contribution is 0.0602. The molecule has 1 unspecified atom stereocenters. The highest BCUT2D eigenvalue weighted by Gasteiger charge is 2.25. The molecule has 0 aromatic carbocycles. The van der Waals surface area contributed by atoms with Crippen molar-refractivity contribution in [2.75, 3.05) is 13.7 Å². The third-order valence-electron chi connectivity index (χ3n) is 2.54. The Labute approximate surface area is 116 Å². The lowest BCUT2D eigenvalue weighted by atomic mass is 10.1. The summed E-state index contributed by atoms with van der Waals surface area (Å²) in [7, 11) is -2.64. The highest BCUT2D eigenvalue weighted by Crippen LogP contribution is 2.22. The van der Waals surface area contributed by atoms with Crippen LogP contribution in [0.4, 0.5) is 0 Å². The minimum Gasteiger partial charge on any atom is -0.465 e. The predicted octanol–water partition coefficient (Wildman–Crippen LogP) is 0.830. The number of hydrogen-bond donors (Lipinski definition) is 2. The Balaban J connectivity index is 2.90. The van der Waals surface area contributed by atoms with Gasteiger partial charge in [0.25, 0.3) is 0 Å². The molecular formula is C11H17NO5S2. The van der Waals surface area contributed by atoms with Crippen LogP contribution in [-0.4, -0.2) is 39.3 Å². The SMILES string of the molecule is COC(=O)c1sccc1S(=O)(=O)NCC(O)C(C)C. The van der Waals surface area contributed by atoms with Gasteiger partial charge < -0.3 is 9.84 Å². The Kier molecular flexibility index (Phi) is 5.48. The number of esters is 1. The van der Waals surface area contributed by atoms with E-state index in [0.717, 1.165) is 11.3 Å². The van der Waals surface area contributed by atoms with E-state index in [-0.39, 0.29) is 22.2 Å². The highest BCUT2D eigenvalue weighted by atomic mass is 32.2. The van der Waals surface area contributed by atoms with Gasteiger partial charge in [-0.15, -0.1) is 11.3 Å². The van der Waals surface area contributed by atoms with E-state index in [0.29, 0.717) is 0 Å². The van der Waals surface area contributed by atoms with Gasteiger partial charge in [0.1, 0.15) is 9.77 Å². The van der Waals surface area contributed by atoms with Crippen LogP contribution >= 0.6 is 11.3 Å². The van der Waals surface area contributed by atoms with Crippen molar-refractivity contribution in [2.24, 2.45) is 5.92 Å². The van der Waals surface area contributed by atoms with Crippen LogP contribution in [0.2, 0.25) is 0 Å². The van der Waals surface area contributed by atoms with Gasteiger partial charge in [-0.05, 0) is 17.4 Å². The number of ether oxygens (including phenoxy) is 1. The zero-order valence-electron chi connectivity index (χ0n) is 10.9. The summed E-state index contributed by atoms with van der Waals surface area (Å²) < 4.78 is 30.9. The molecular weight excluding hydrogens is 290 g/mol. The molecule has 0 fully saturated rings. The molecule has 0 saturated carbocycles. The monoisotopic (exact) mass is 307 g/mol. The summed E-state index contributed by atoms with van der Waals surface area (Å²) in [6.07, 6.45) is -0.782. The van der Waals surface area contributed by atoms with E-state index in [9.17, 15) is 18.3 Å². The molecule has 0 saturated heterocycles. The summed E-state index contributed by atoms with van der Waals surface area (Å²) in [4.78, 5) is 11.3. The van der Waals surface area contributed by atoms with Gasteiger partial charge in [-0.3, -0.25) is 0 Å². The molecule has 0 amide bonds. The molecule has 0 aliphatic carbocycles. The van der Waals surface area contributed by atoms with Crippen molar-refractivity contribution >= 4 is 27.3 Å². The Morgan fingerprint density at radius 3 is 2.68 bits per heavy atom. The minimum atomic E-state index is -3.83. The number of aliphatic hydroxyl groups excluding tert-OH is 1. The number of hydrogen-bond acceptors (Lipinski definition) is 6. The predicted molar refractivity (Wildman–Crippen MR) is 71.7 cm³/mol. The fourth-order valence-electron chi connectivity index (χ4n) is 1.26. The van der Waals surface area contributed by atoms with E-state index < -0.39 is 22.1 Å². The van der Waals surface area contributed by atoms with Crippen molar-refractivity contribution in [3.8, 4) is 0 Å². The van der Waals surface area contributed by atoms with Gasteiger partial charge >= 0.3 is 5.97 Å². The molecule has 108 valence electrons. The second-order valence-electron chi connectivity index (χ2n) is 4.27. The zero-order valence-corrected chi connectivity index (χ0v) is 12.5. The van der Waals surface area contributed by atoms with Gasteiger partial charge in [-0.2, -0.15) is 0 Å². The first-order valence-corrected chi connectivity index (χ1v) is 7.99. The molecule has 1 heterocycles. The third kappa shape index (κ3) is 4.00. The molecule has 19 heavy (non-hydrogen) atoms. The van der Waals surface area contributed by atoms with E-state index in [2.05, 4.69) is 9.46 Å². The molecule has 1 aromatic heterocycles. The largest absolute Gasteiger partial charge is 0.465 e. The Bertz CT molecular complexity index is 535. The normalized spacial score (nSPS) is 13.5. The van der Waals surface area contributed by atoms with Crippen molar-refractivity contribution in [1.82, 2.24) is 4.72 Å². The average Bonchev–Trinajstić information content (AvgIpc) is 2.84. The van der Waals surface area contributed by atoms with Crippen LogP contribution in [0.25, 0.3) is 0 Å². The Morgan fingerprint density at radius 1 is 1.53 bits per heavy atom. The molecule has 0 spiro atoms. The van der Waals surface area contributed by atoms with Gasteiger partial charge in [-0.25, -0.2) is 17.9 Å². The molecule has 0 aliphatic rings. The standard InChI is InChI=1S/C11H17NO5S2/c1-7(2)8(13)6-12-19(15,16)9-4-5-18-10(9)11(14)17-3/h4-5,7-8,12-13H,6H2,1-3H3. The Hall–Kier alpha value is -0.960. The molecule has 0 bridgehead atoms. The smallest absolute Gasteiger partial charge is 0.349 e. The number of carbonyl (C=O) groups is 1. The second-order valence-corrected chi connectivity index (χ2v) is 6.92. The van der Waals surface area contributed by atoms with Crippen LogP contribution in [-0.2, 0) is 14.8 Å². The van der Waals surface area contributed by atoms with Crippen LogP contribution in [0.5, 0.6) is 0 Å². The quantitative estimate of drug-likeness (QED) is 0.759. The lowest BCUT2D eigenvalue weighted by Gasteiger charge is -2.15. The first-order chi connectivity index (χ1) is 8.79. The van der Waals surface area contributed by atoms with Gasteiger partial charge in [0.15, 0.2) is 0 Å². The zero-order chi connectivity index (χ0) is 14.6. The van der Waals surface area contributed by atoms with Crippen molar-refractivity contribution in [3.05, 3.63) is 16.3 Å². The van der Waals surface area contributed by atoms with Gasteiger partial charge in [0.05, 0.1) is 13.2 Å². The molecule has 2 N–H and O–H groups in total. The number of aliphatic hydroxyl groups is 1. The van der Waals surface area contributed by atoms with E-state index in [1.807, 2.05) is 0 Å². The van der Waals surface area contributed by atoms with Crippen LogP contribution in [0, 0.1) is 5.92 Å². The molecule has 1 rings (SSSR count). The van der Waals surface area contributed by atoms with E-state index in [1.54, 1.807) is 13.8 Å². The third-order valence-corrected chi connectivity index (χ3v) is 5.03. The first kappa shape index (κ1) is 16.1. The number of carbonyl (C=O) groups excluding carboxylic acids is 1. The fourth-order valence-corrected chi connectivity index (χ4v) is 3.64. The summed E-state index contributed by atoms with van der Waals surface area (Å²) in [6, 6.07) is 1.33. The number of rotatable bonds is 6. The van der Waals surface area contributed by atoms with Crippen molar-refractivity contribution < 1.29 is 23.1 Å². The van der Waals surface area contributed by atoms with Crippen molar-refractivity contribution in [2.45, 2.75) is 24.8 Å². The number of methoxy groups -OCH3 is 1. The molecule has 1 atom stereocenters. The summed E-state index contributed by atoms with van der Waals surface area (Å²) in [5.41, 5.74) is 0. The van der Waals surface area contributed by atoms with E-state index in [4.69, 9.17) is 0 Å². The second kappa shape index (κ2) is 6.47. The van der Waals surface area contributed by atoms with Crippen LogP contribution < -0.4 is 4.72 Å². The number of nitrogens with one attached hydrogen (secondary N) is 1. The van der Waals surface area contributed by atoms with Gasteiger partial charge in [0.2, 0.25) is 10.0 Å². The average molecular weight is 307 g/mol. The minimum absolute atomic E-state index is 0.0223. The molecule has 8 heteroatoms. The maximum absolute atomic E-state index is 12.0. The van der Waals surface area contributed by atoms with Gasteiger partial charge in [0, 0.05) is 6.54 Å². The summed E-state index contributed by atoms with van der Waals surface area (Å²) >= 11 is 0.993. The molecule has 1 aromatic rings.